The van der Waals surface area contributed by atoms with E-state index in [-0.39, 0.29) is 12.0 Å². The minimum Gasteiger partial charge on any atom is -0.467 e. The molecule has 96 valence electrons. The zero-order valence-corrected chi connectivity index (χ0v) is 10.4. The molecule has 0 bridgehead atoms. The largest absolute Gasteiger partial charge is 0.467 e. The summed E-state index contributed by atoms with van der Waals surface area (Å²) in [6.07, 6.45) is 0.980. The van der Waals surface area contributed by atoms with Gasteiger partial charge in [-0.3, -0.25) is 0 Å². The zero-order chi connectivity index (χ0) is 12.5. The standard InChI is InChI=1S/C10H18N4O3/c1-4-5-11-8-12-9(16-3)14-10(13-8)17-7-6-15-2/h4-7H2,1-3H3,(H,11,12,13,14). The summed E-state index contributed by atoms with van der Waals surface area (Å²) >= 11 is 0. The molecule has 7 nitrogen and oxygen atoms in total. The summed E-state index contributed by atoms with van der Waals surface area (Å²) < 4.78 is 15.1. The Morgan fingerprint density at radius 1 is 1.06 bits per heavy atom. The number of rotatable bonds is 8. The predicted octanol–water partition coefficient (Wildman–Crippen LogP) is 0.727. The maximum Gasteiger partial charge on any atom is 0.324 e. The third kappa shape index (κ3) is 4.81. The smallest absolute Gasteiger partial charge is 0.324 e. The van der Waals surface area contributed by atoms with E-state index in [1.807, 2.05) is 0 Å². The first kappa shape index (κ1) is 13.4. The van der Waals surface area contributed by atoms with Crippen LogP contribution in [0.4, 0.5) is 5.95 Å². The molecule has 0 fully saturated rings. The second-order valence-corrected chi connectivity index (χ2v) is 3.20. The Morgan fingerprint density at radius 2 is 1.82 bits per heavy atom. The van der Waals surface area contributed by atoms with Gasteiger partial charge < -0.3 is 19.5 Å². The van der Waals surface area contributed by atoms with Crippen LogP contribution in [-0.2, 0) is 4.74 Å². The first-order valence-corrected chi connectivity index (χ1v) is 5.45. The van der Waals surface area contributed by atoms with Crippen molar-refractivity contribution in [1.29, 1.82) is 0 Å². The highest BCUT2D eigenvalue weighted by atomic mass is 16.5. The van der Waals surface area contributed by atoms with Gasteiger partial charge in [0.25, 0.3) is 0 Å². The molecule has 0 unspecified atom stereocenters. The van der Waals surface area contributed by atoms with Crippen molar-refractivity contribution < 1.29 is 14.2 Å². The summed E-state index contributed by atoms with van der Waals surface area (Å²) in [5, 5.41) is 3.05. The lowest BCUT2D eigenvalue weighted by molar-refractivity contribution is 0.140. The second-order valence-electron chi connectivity index (χ2n) is 3.20. The van der Waals surface area contributed by atoms with Gasteiger partial charge >= 0.3 is 12.0 Å². The van der Waals surface area contributed by atoms with E-state index < -0.39 is 0 Å². The summed E-state index contributed by atoms with van der Waals surface area (Å²) in [6, 6.07) is 0.457. The predicted molar refractivity (Wildman–Crippen MR) is 62.5 cm³/mol. The van der Waals surface area contributed by atoms with E-state index in [0.29, 0.717) is 19.2 Å². The first-order chi connectivity index (χ1) is 8.30. The highest BCUT2D eigenvalue weighted by molar-refractivity contribution is 5.27. The molecule has 1 aromatic rings. The number of ether oxygens (including phenoxy) is 3. The summed E-state index contributed by atoms with van der Waals surface area (Å²) in [6.45, 7) is 3.70. The van der Waals surface area contributed by atoms with Gasteiger partial charge in [0.15, 0.2) is 0 Å². The number of anilines is 1. The molecular weight excluding hydrogens is 224 g/mol. The topological polar surface area (TPSA) is 78.4 Å². The summed E-state index contributed by atoms with van der Waals surface area (Å²) in [5.74, 6) is 0.450. The number of aromatic nitrogens is 3. The van der Waals surface area contributed by atoms with Gasteiger partial charge in [-0.1, -0.05) is 6.92 Å². The monoisotopic (exact) mass is 242 g/mol. The molecule has 1 heterocycles. The van der Waals surface area contributed by atoms with Crippen molar-refractivity contribution in [2.45, 2.75) is 13.3 Å². The SMILES string of the molecule is CCCNc1nc(OC)nc(OCCOC)n1. The van der Waals surface area contributed by atoms with Gasteiger partial charge in [-0.05, 0) is 6.42 Å². The molecule has 0 aromatic carbocycles. The van der Waals surface area contributed by atoms with Gasteiger partial charge in [-0.25, -0.2) is 0 Å². The van der Waals surface area contributed by atoms with Crippen LogP contribution in [0.3, 0.4) is 0 Å². The van der Waals surface area contributed by atoms with Gasteiger partial charge in [0, 0.05) is 13.7 Å². The molecule has 0 aliphatic heterocycles. The molecule has 0 aliphatic rings. The van der Waals surface area contributed by atoms with Crippen molar-refractivity contribution >= 4 is 5.95 Å². The number of nitrogens with zero attached hydrogens (tertiary/aromatic N) is 3. The minimum atomic E-state index is 0.228. The first-order valence-electron chi connectivity index (χ1n) is 5.45. The lowest BCUT2D eigenvalue weighted by atomic mass is 10.5. The van der Waals surface area contributed by atoms with E-state index in [4.69, 9.17) is 14.2 Å². The van der Waals surface area contributed by atoms with Crippen LogP contribution in [0.25, 0.3) is 0 Å². The summed E-state index contributed by atoms with van der Waals surface area (Å²) in [7, 11) is 3.10. The second kappa shape index (κ2) is 7.61. The number of hydrogen-bond donors (Lipinski definition) is 1. The molecule has 0 amide bonds. The third-order valence-electron chi connectivity index (χ3n) is 1.83. The third-order valence-corrected chi connectivity index (χ3v) is 1.83. The van der Waals surface area contributed by atoms with Crippen LogP contribution in [0.1, 0.15) is 13.3 Å². The Hall–Kier alpha value is -1.63. The van der Waals surface area contributed by atoms with Crippen molar-refractivity contribution in [3.05, 3.63) is 0 Å². The highest BCUT2D eigenvalue weighted by Crippen LogP contribution is 2.12. The van der Waals surface area contributed by atoms with Gasteiger partial charge in [-0.2, -0.15) is 9.97 Å². The van der Waals surface area contributed by atoms with Crippen molar-refractivity contribution in [3.8, 4) is 12.0 Å². The average Bonchev–Trinajstić information content (AvgIpc) is 2.36. The molecule has 0 atom stereocenters. The van der Waals surface area contributed by atoms with E-state index in [9.17, 15) is 0 Å². The maximum absolute atomic E-state index is 5.30. The number of nitrogens with one attached hydrogen (secondary N) is 1. The lowest BCUT2D eigenvalue weighted by Gasteiger charge is -2.08. The van der Waals surface area contributed by atoms with Crippen LogP contribution < -0.4 is 14.8 Å². The van der Waals surface area contributed by atoms with Crippen molar-refractivity contribution in [2.24, 2.45) is 0 Å². The van der Waals surface area contributed by atoms with Crippen LogP contribution in [0, 0.1) is 0 Å². The number of hydrogen-bond acceptors (Lipinski definition) is 7. The summed E-state index contributed by atoms with van der Waals surface area (Å²) in [4.78, 5) is 12.1. The molecule has 0 spiro atoms. The number of methoxy groups -OCH3 is 2. The Morgan fingerprint density at radius 3 is 2.47 bits per heavy atom. The molecule has 0 radical (unpaired) electrons. The van der Waals surface area contributed by atoms with Gasteiger partial charge in [0.05, 0.1) is 13.7 Å². The van der Waals surface area contributed by atoms with Crippen molar-refractivity contribution in [1.82, 2.24) is 15.0 Å². The van der Waals surface area contributed by atoms with E-state index in [1.165, 1.54) is 7.11 Å². The van der Waals surface area contributed by atoms with Gasteiger partial charge in [0.2, 0.25) is 5.95 Å². The molecule has 7 heteroatoms. The Labute approximate surface area is 101 Å². The van der Waals surface area contributed by atoms with Crippen LogP contribution in [0.5, 0.6) is 12.0 Å². The van der Waals surface area contributed by atoms with E-state index in [0.717, 1.165) is 13.0 Å². The molecule has 0 aliphatic carbocycles. The fourth-order valence-electron chi connectivity index (χ4n) is 1.03. The molecule has 1 aromatic heterocycles. The van der Waals surface area contributed by atoms with E-state index >= 15 is 0 Å². The van der Waals surface area contributed by atoms with Crippen LogP contribution in [0.15, 0.2) is 0 Å². The Bertz CT molecular complexity index is 335. The molecule has 17 heavy (non-hydrogen) atoms. The molecule has 0 saturated heterocycles. The van der Waals surface area contributed by atoms with Crippen molar-refractivity contribution in [3.63, 3.8) is 0 Å². The van der Waals surface area contributed by atoms with Crippen LogP contribution >= 0.6 is 0 Å². The quantitative estimate of drug-likeness (QED) is 0.673. The molecule has 1 rings (SSSR count). The molecule has 1 N–H and O–H groups in total. The Kier molecular flexibility index (Phi) is 6.02. The van der Waals surface area contributed by atoms with E-state index in [2.05, 4.69) is 27.2 Å². The molecule has 0 saturated carbocycles. The zero-order valence-electron chi connectivity index (χ0n) is 10.4. The Balaban J connectivity index is 2.67. The van der Waals surface area contributed by atoms with Crippen molar-refractivity contribution in [2.75, 3.05) is 39.3 Å². The average molecular weight is 242 g/mol. The van der Waals surface area contributed by atoms with Crippen LogP contribution in [-0.4, -0.2) is 48.9 Å². The lowest BCUT2D eigenvalue weighted by Crippen LogP contribution is -2.11. The van der Waals surface area contributed by atoms with E-state index in [1.54, 1.807) is 7.11 Å². The van der Waals surface area contributed by atoms with Gasteiger partial charge in [-0.15, -0.1) is 4.98 Å². The molecular formula is C10H18N4O3. The fourth-order valence-corrected chi connectivity index (χ4v) is 1.03. The normalized spacial score (nSPS) is 10.1. The van der Waals surface area contributed by atoms with Gasteiger partial charge in [0.1, 0.15) is 6.61 Å². The minimum absolute atomic E-state index is 0.228. The van der Waals surface area contributed by atoms with Crippen LogP contribution in [0.2, 0.25) is 0 Å². The maximum atomic E-state index is 5.30. The summed E-state index contributed by atoms with van der Waals surface area (Å²) in [5.41, 5.74) is 0. The highest BCUT2D eigenvalue weighted by Gasteiger charge is 2.07. The fraction of sp³-hybridized carbons (Fsp3) is 0.700.